The van der Waals surface area contributed by atoms with Gasteiger partial charge in [-0.05, 0) is 23.8 Å². The van der Waals surface area contributed by atoms with Crippen LogP contribution in [0.3, 0.4) is 0 Å². The van der Waals surface area contributed by atoms with E-state index >= 15 is 0 Å². The number of benzene rings is 1. The monoisotopic (exact) mass is 301 g/mol. The fourth-order valence-electron chi connectivity index (χ4n) is 0.980. The van der Waals surface area contributed by atoms with E-state index in [-0.39, 0.29) is 6.54 Å². The van der Waals surface area contributed by atoms with E-state index in [0.29, 0.717) is 10.0 Å². The van der Waals surface area contributed by atoms with Crippen molar-refractivity contribution in [2.45, 2.75) is 12.7 Å². The number of rotatable bonds is 4. The van der Waals surface area contributed by atoms with Crippen LogP contribution in [0, 0.1) is 5.82 Å². The van der Waals surface area contributed by atoms with Gasteiger partial charge in [0, 0.05) is 11.0 Å². The first-order valence-electron chi connectivity index (χ1n) is 4.23. The first kappa shape index (κ1) is 13.4. The average molecular weight is 302 g/mol. The number of halogens is 5. The summed E-state index contributed by atoms with van der Waals surface area (Å²) in [4.78, 5) is 4.17. The predicted molar refractivity (Wildman–Crippen MR) is 52.9 cm³/mol. The van der Waals surface area contributed by atoms with Gasteiger partial charge in [-0.1, -0.05) is 15.9 Å². The number of nitrogens with one attached hydrogen (secondary N) is 1. The Bertz CT molecular complexity index is 336. The Morgan fingerprint density at radius 3 is 2.50 bits per heavy atom. The van der Waals surface area contributed by atoms with Gasteiger partial charge >= 0.3 is 6.18 Å². The van der Waals surface area contributed by atoms with Crippen LogP contribution in [0.5, 0.6) is 0 Å². The second kappa shape index (κ2) is 5.60. The van der Waals surface area contributed by atoms with Gasteiger partial charge in [0.2, 0.25) is 0 Å². The summed E-state index contributed by atoms with van der Waals surface area (Å²) in [5, 5.41) is 0. The van der Waals surface area contributed by atoms with Crippen LogP contribution in [0.2, 0.25) is 0 Å². The van der Waals surface area contributed by atoms with E-state index < -0.39 is 18.6 Å². The Balaban J connectivity index is 2.37. The highest BCUT2D eigenvalue weighted by atomic mass is 79.9. The van der Waals surface area contributed by atoms with Gasteiger partial charge in [-0.25, -0.2) is 4.39 Å². The zero-order valence-electron chi connectivity index (χ0n) is 7.94. The van der Waals surface area contributed by atoms with Gasteiger partial charge in [0.1, 0.15) is 5.82 Å². The second-order valence-electron chi connectivity index (χ2n) is 3.00. The Kier molecular flexibility index (Phi) is 4.69. The van der Waals surface area contributed by atoms with Crippen LogP contribution in [-0.2, 0) is 11.4 Å². The molecule has 0 aromatic heterocycles. The highest BCUT2D eigenvalue weighted by Crippen LogP contribution is 2.15. The Labute approximate surface area is 97.7 Å². The van der Waals surface area contributed by atoms with Crippen molar-refractivity contribution in [2.75, 3.05) is 6.61 Å². The SMILES string of the molecule is Fc1cc(Br)cc(CNOCC(F)(F)F)c1. The van der Waals surface area contributed by atoms with Gasteiger partial charge in [0.25, 0.3) is 0 Å². The second-order valence-corrected chi connectivity index (χ2v) is 3.92. The van der Waals surface area contributed by atoms with Crippen LogP contribution >= 0.6 is 15.9 Å². The molecule has 0 bridgehead atoms. The van der Waals surface area contributed by atoms with E-state index in [1.54, 1.807) is 6.07 Å². The summed E-state index contributed by atoms with van der Waals surface area (Å²) in [5.41, 5.74) is 2.59. The molecule has 16 heavy (non-hydrogen) atoms. The molecule has 0 amide bonds. The van der Waals surface area contributed by atoms with Crippen molar-refractivity contribution in [1.82, 2.24) is 5.48 Å². The molecule has 1 N–H and O–H groups in total. The normalized spacial score (nSPS) is 11.8. The summed E-state index contributed by atoms with van der Waals surface area (Å²) in [6.45, 7) is -1.39. The van der Waals surface area contributed by atoms with Gasteiger partial charge in [-0.3, -0.25) is 4.84 Å². The van der Waals surface area contributed by atoms with Crippen LogP contribution in [0.4, 0.5) is 17.6 Å². The minimum absolute atomic E-state index is 0.00750. The van der Waals surface area contributed by atoms with Crippen molar-refractivity contribution in [3.05, 3.63) is 34.1 Å². The van der Waals surface area contributed by atoms with E-state index in [4.69, 9.17) is 0 Å². The third-order valence-electron chi connectivity index (χ3n) is 1.54. The fourth-order valence-corrected chi connectivity index (χ4v) is 1.49. The molecule has 0 heterocycles. The van der Waals surface area contributed by atoms with Crippen LogP contribution in [0.15, 0.2) is 22.7 Å². The summed E-state index contributed by atoms with van der Waals surface area (Å²) < 4.78 is 48.4. The van der Waals surface area contributed by atoms with Gasteiger partial charge in [-0.15, -0.1) is 0 Å². The third kappa shape index (κ3) is 5.43. The van der Waals surface area contributed by atoms with Crippen LogP contribution < -0.4 is 5.48 Å². The first-order valence-corrected chi connectivity index (χ1v) is 5.02. The Hall–Kier alpha value is -0.660. The molecule has 2 nitrogen and oxygen atoms in total. The fraction of sp³-hybridized carbons (Fsp3) is 0.333. The maximum atomic E-state index is 12.8. The molecule has 0 aliphatic carbocycles. The van der Waals surface area contributed by atoms with Gasteiger partial charge < -0.3 is 0 Å². The van der Waals surface area contributed by atoms with Crippen LogP contribution in [0.1, 0.15) is 5.56 Å². The third-order valence-corrected chi connectivity index (χ3v) is 1.99. The van der Waals surface area contributed by atoms with Gasteiger partial charge in [-0.2, -0.15) is 18.7 Å². The first-order chi connectivity index (χ1) is 7.37. The molecule has 7 heteroatoms. The van der Waals surface area contributed by atoms with Gasteiger partial charge in [0.15, 0.2) is 6.61 Å². The molecule has 1 aromatic carbocycles. The minimum Gasteiger partial charge on any atom is -0.292 e. The molecule has 1 aromatic rings. The van der Waals surface area contributed by atoms with E-state index in [1.165, 1.54) is 12.1 Å². The van der Waals surface area contributed by atoms with Crippen molar-refractivity contribution >= 4 is 15.9 Å². The Morgan fingerprint density at radius 2 is 1.94 bits per heavy atom. The van der Waals surface area contributed by atoms with E-state index in [2.05, 4.69) is 26.2 Å². The standard InChI is InChI=1S/C9H8BrF4NO/c10-7-1-6(2-8(11)3-7)4-15-16-5-9(12,13)14/h1-3,15H,4-5H2. The van der Waals surface area contributed by atoms with Gasteiger partial charge in [0.05, 0.1) is 0 Å². The van der Waals surface area contributed by atoms with E-state index in [1.807, 2.05) is 0 Å². The van der Waals surface area contributed by atoms with Crippen molar-refractivity contribution < 1.29 is 22.4 Å². The molecule has 1 rings (SSSR count). The molecule has 0 spiro atoms. The van der Waals surface area contributed by atoms with Crippen LogP contribution in [0.25, 0.3) is 0 Å². The lowest BCUT2D eigenvalue weighted by atomic mass is 10.2. The summed E-state index contributed by atoms with van der Waals surface area (Å²) in [6.07, 6.45) is -4.38. The molecule has 0 unspecified atom stereocenters. The highest BCUT2D eigenvalue weighted by molar-refractivity contribution is 9.10. The molecule has 0 atom stereocenters. The highest BCUT2D eigenvalue weighted by Gasteiger charge is 2.27. The van der Waals surface area contributed by atoms with Crippen molar-refractivity contribution in [2.24, 2.45) is 0 Å². The number of hydrogen-bond donors (Lipinski definition) is 1. The summed E-state index contributed by atoms with van der Waals surface area (Å²) in [7, 11) is 0. The predicted octanol–water partition coefficient (Wildman–Crippen LogP) is 3.17. The largest absolute Gasteiger partial charge is 0.413 e. The number of alkyl halides is 3. The van der Waals surface area contributed by atoms with Crippen molar-refractivity contribution in [1.29, 1.82) is 0 Å². The topological polar surface area (TPSA) is 21.3 Å². The zero-order valence-corrected chi connectivity index (χ0v) is 9.53. The quantitative estimate of drug-likeness (QED) is 0.524. The van der Waals surface area contributed by atoms with Crippen molar-refractivity contribution in [3.63, 3.8) is 0 Å². The smallest absolute Gasteiger partial charge is 0.292 e. The lowest BCUT2D eigenvalue weighted by molar-refractivity contribution is -0.190. The summed E-state index contributed by atoms with van der Waals surface area (Å²) >= 11 is 3.07. The number of hydrogen-bond acceptors (Lipinski definition) is 2. The molecule has 0 radical (unpaired) electrons. The summed E-state index contributed by atoms with van der Waals surface area (Å²) in [5.74, 6) is -0.470. The van der Waals surface area contributed by atoms with E-state index in [0.717, 1.165) is 0 Å². The molecule has 0 saturated heterocycles. The maximum Gasteiger partial charge on any atom is 0.413 e. The molecular formula is C9H8BrF4NO. The molecular weight excluding hydrogens is 294 g/mol. The lowest BCUT2D eigenvalue weighted by Crippen LogP contribution is -2.24. The minimum atomic E-state index is -4.38. The average Bonchev–Trinajstić information content (AvgIpc) is 2.09. The zero-order chi connectivity index (χ0) is 12.2. The lowest BCUT2D eigenvalue weighted by Gasteiger charge is -2.08. The molecule has 90 valence electrons. The molecule has 0 aliphatic rings. The molecule has 0 saturated carbocycles. The van der Waals surface area contributed by atoms with E-state index in [9.17, 15) is 17.6 Å². The summed E-state index contributed by atoms with van der Waals surface area (Å²) in [6, 6.07) is 4.03. The van der Waals surface area contributed by atoms with Crippen LogP contribution in [-0.4, -0.2) is 12.8 Å². The Morgan fingerprint density at radius 1 is 1.25 bits per heavy atom. The molecule has 0 aliphatic heterocycles. The van der Waals surface area contributed by atoms with Crippen molar-refractivity contribution in [3.8, 4) is 0 Å². The molecule has 0 fully saturated rings. The number of hydroxylamine groups is 1. The maximum absolute atomic E-state index is 12.8.